The fourth-order valence-electron chi connectivity index (χ4n) is 2.80. The molecule has 102 valence electrons. The third kappa shape index (κ3) is 1.72. The molecule has 3 heterocycles. The standard InChI is InChI=1S/C14H16N6/c1-18-6-8-19(9-7-18)13-14-17-15-10-20(14)12-5-3-2-4-11(12)16-13/h2-5,10H,6-9H2,1H3/p+1. The number of rotatable bonds is 1. The van der Waals surface area contributed by atoms with E-state index >= 15 is 0 Å². The van der Waals surface area contributed by atoms with Crippen LogP contribution in [0.4, 0.5) is 5.82 Å². The second-order valence-electron chi connectivity index (χ2n) is 5.39. The van der Waals surface area contributed by atoms with Crippen LogP contribution in [0.2, 0.25) is 0 Å². The quantitative estimate of drug-likeness (QED) is 0.654. The predicted molar refractivity (Wildman–Crippen MR) is 77.1 cm³/mol. The lowest BCUT2D eigenvalue weighted by atomic mass is 10.3. The molecule has 0 radical (unpaired) electrons. The lowest BCUT2D eigenvalue weighted by molar-refractivity contribution is -0.880. The third-order valence-corrected chi connectivity index (χ3v) is 4.03. The Labute approximate surface area is 116 Å². The van der Waals surface area contributed by atoms with Crippen molar-refractivity contribution in [2.75, 3.05) is 38.1 Å². The molecule has 2 aromatic heterocycles. The summed E-state index contributed by atoms with van der Waals surface area (Å²) in [6.07, 6.45) is 1.77. The summed E-state index contributed by atoms with van der Waals surface area (Å²) in [5, 5.41) is 8.33. The highest BCUT2D eigenvalue weighted by Crippen LogP contribution is 2.22. The molecule has 0 amide bonds. The first-order chi connectivity index (χ1) is 9.83. The van der Waals surface area contributed by atoms with E-state index in [1.165, 1.54) is 0 Å². The number of para-hydroxylation sites is 2. The van der Waals surface area contributed by atoms with E-state index in [0.717, 1.165) is 48.7 Å². The van der Waals surface area contributed by atoms with Gasteiger partial charge in [0, 0.05) is 0 Å². The minimum Gasteiger partial charge on any atom is -0.342 e. The SMILES string of the molecule is C[NH+]1CCN(c2nc3ccccc3n3cnnc23)CC1. The summed E-state index contributed by atoms with van der Waals surface area (Å²) < 4.78 is 2.03. The number of hydrogen-bond donors (Lipinski definition) is 1. The van der Waals surface area contributed by atoms with Crippen molar-refractivity contribution in [3.05, 3.63) is 30.6 Å². The number of fused-ring (bicyclic) bond motifs is 3. The second kappa shape index (κ2) is 4.42. The van der Waals surface area contributed by atoms with Gasteiger partial charge in [0.25, 0.3) is 0 Å². The summed E-state index contributed by atoms with van der Waals surface area (Å²) in [6, 6.07) is 8.13. The number of benzene rings is 1. The first-order valence-corrected chi connectivity index (χ1v) is 6.97. The highest BCUT2D eigenvalue weighted by atomic mass is 15.3. The molecule has 0 spiro atoms. The zero-order chi connectivity index (χ0) is 13.5. The van der Waals surface area contributed by atoms with Crippen molar-refractivity contribution in [1.29, 1.82) is 0 Å². The average molecular weight is 269 g/mol. The van der Waals surface area contributed by atoms with Crippen LogP contribution >= 0.6 is 0 Å². The Bertz CT molecular complexity index is 757. The van der Waals surface area contributed by atoms with Crippen LogP contribution in [0.5, 0.6) is 0 Å². The van der Waals surface area contributed by atoms with Gasteiger partial charge in [-0.25, -0.2) is 4.98 Å². The van der Waals surface area contributed by atoms with Crippen molar-refractivity contribution in [2.24, 2.45) is 0 Å². The smallest absolute Gasteiger partial charge is 0.204 e. The highest BCUT2D eigenvalue weighted by molar-refractivity contribution is 5.82. The lowest BCUT2D eigenvalue weighted by Gasteiger charge is -2.31. The maximum atomic E-state index is 4.82. The van der Waals surface area contributed by atoms with Gasteiger partial charge in [0.05, 0.1) is 44.3 Å². The molecule has 0 bridgehead atoms. The molecule has 1 saturated heterocycles. The van der Waals surface area contributed by atoms with Crippen molar-refractivity contribution in [1.82, 2.24) is 19.6 Å². The third-order valence-electron chi connectivity index (χ3n) is 4.03. The van der Waals surface area contributed by atoms with Gasteiger partial charge >= 0.3 is 0 Å². The number of nitrogens with zero attached hydrogens (tertiary/aromatic N) is 5. The van der Waals surface area contributed by atoms with Crippen LogP contribution in [-0.2, 0) is 0 Å². The largest absolute Gasteiger partial charge is 0.342 e. The molecule has 6 nitrogen and oxygen atoms in total. The summed E-state index contributed by atoms with van der Waals surface area (Å²) in [6.45, 7) is 4.29. The van der Waals surface area contributed by atoms with Crippen LogP contribution in [0, 0.1) is 0 Å². The number of aromatic nitrogens is 4. The predicted octanol–water partition coefficient (Wildman–Crippen LogP) is -0.388. The van der Waals surface area contributed by atoms with Crippen LogP contribution in [-0.4, -0.2) is 52.8 Å². The Hall–Kier alpha value is -2.21. The van der Waals surface area contributed by atoms with Crippen molar-refractivity contribution in [3.63, 3.8) is 0 Å². The lowest BCUT2D eigenvalue weighted by Crippen LogP contribution is -3.12. The fourth-order valence-corrected chi connectivity index (χ4v) is 2.80. The molecule has 1 N–H and O–H groups in total. The number of nitrogens with one attached hydrogen (secondary N) is 1. The van der Waals surface area contributed by atoms with E-state index in [2.05, 4.69) is 28.2 Å². The van der Waals surface area contributed by atoms with Crippen LogP contribution in [0.1, 0.15) is 0 Å². The summed E-state index contributed by atoms with van der Waals surface area (Å²) in [5.41, 5.74) is 2.89. The van der Waals surface area contributed by atoms with E-state index in [-0.39, 0.29) is 0 Å². The van der Waals surface area contributed by atoms with Gasteiger partial charge in [-0.3, -0.25) is 4.40 Å². The Balaban J connectivity index is 1.90. The first-order valence-electron chi connectivity index (χ1n) is 6.97. The Morgan fingerprint density at radius 3 is 2.80 bits per heavy atom. The molecule has 4 rings (SSSR count). The normalized spacial score (nSPS) is 17.1. The van der Waals surface area contributed by atoms with E-state index in [0.29, 0.717) is 0 Å². The van der Waals surface area contributed by atoms with Crippen LogP contribution < -0.4 is 9.80 Å². The molecular weight excluding hydrogens is 252 g/mol. The van der Waals surface area contributed by atoms with E-state index in [1.807, 2.05) is 22.6 Å². The molecule has 1 aromatic carbocycles. The van der Waals surface area contributed by atoms with Gasteiger partial charge in [0.2, 0.25) is 5.65 Å². The maximum Gasteiger partial charge on any atom is 0.204 e. The van der Waals surface area contributed by atoms with E-state index in [1.54, 1.807) is 11.2 Å². The fraction of sp³-hybridized carbons (Fsp3) is 0.357. The van der Waals surface area contributed by atoms with Gasteiger partial charge < -0.3 is 9.80 Å². The molecule has 0 saturated carbocycles. The van der Waals surface area contributed by atoms with Gasteiger partial charge in [0.1, 0.15) is 6.33 Å². The maximum absolute atomic E-state index is 4.82. The molecule has 1 fully saturated rings. The summed E-state index contributed by atoms with van der Waals surface area (Å²) in [7, 11) is 2.23. The minimum atomic E-state index is 0.850. The van der Waals surface area contributed by atoms with Crippen molar-refractivity contribution < 1.29 is 4.90 Å². The van der Waals surface area contributed by atoms with Crippen molar-refractivity contribution in [3.8, 4) is 0 Å². The molecule has 0 atom stereocenters. The second-order valence-corrected chi connectivity index (χ2v) is 5.39. The Morgan fingerprint density at radius 1 is 1.15 bits per heavy atom. The zero-order valence-electron chi connectivity index (χ0n) is 11.5. The minimum absolute atomic E-state index is 0.850. The van der Waals surface area contributed by atoms with E-state index in [4.69, 9.17) is 4.98 Å². The molecule has 20 heavy (non-hydrogen) atoms. The van der Waals surface area contributed by atoms with Gasteiger partial charge in [-0.05, 0) is 12.1 Å². The summed E-state index contributed by atoms with van der Waals surface area (Å²) >= 11 is 0. The van der Waals surface area contributed by atoms with Gasteiger partial charge in [-0.15, -0.1) is 10.2 Å². The summed E-state index contributed by atoms with van der Waals surface area (Å²) in [4.78, 5) is 8.71. The van der Waals surface area contributed by atoms with E-state index < -0.39 is 0 Å². The van der Waals surface area contributed by atoms with Crippen LogP contribution in [0.15, 0.2) is 30.6 Å². The van der Waals surface area contributed by atoms with Crippen molar-refractivity contribution >= 4 is 22.5 Å². The molecular formula is C14H17N6+. The Morgan fingerprint density at radius 2 is 1.95 bits per heavy atom. The van der Waals surface area contributed by atoms with Crippen LogP contribution in [0.3, 0.4) is 0 Å². The molecule has 3 aromatic rings. The zero-order valence-corrected chi connectivity index (χ0v) is 11.5. The van der Waals surface area contributed by atoms with E-state index in [9.17, 15) is 0 Å². The number of likely N-dealkylation sites (N-methyl/N-ethyl adjacent to an activating group) is 1. The molecule has 6 heteroatoms. The van der Waals surface area contributed by atoms with Crippen LogP contribution in [0.25, 0.3) is 16.7 Å². The monoisotopic (exact) mass is 269 g/mol. The topological polar surface area (TPSA) is 50.8 Å². The Kier molecular flexibility index (Phi) is 2.56. The number of hydrogen-bond acceptors (Lipinski definition) is 4. The molecule has 0 aliphatic carbocycles. The van der Waals surface area contributed by atoms with Gasteiger partial charge in [-0.1, -0.05) is 12.1 Å². The van der Waals surface area contributed by atoms with Gasteiger partial charge in [0.15, 0.2) is 5.82 Å². The number of piperazine rings is 1. The molecule has 1 aliphatic rings. The first kappa shape index (κ1) is 11.6. The molecule has 1 aliphatic heterocycles. The highest BCUT2D eigenvalue weighted by Gasteiger charge is 2.22. The number of quaternary nitrogens is 1. The van der Waals surface area contributed by atoms with Crippen molar-refractivity contribution in [2.45, 2.75) is 0 Å². The van der Waals surface area contributed by atoms with Gasteiger partial charge in [-0.2, -0.15) is 0 Å². The molecule has 0 unspecified atom stereocenters. The summed E-state index contributed by atoms with van der Waals surface area (Å²) in [5.74, 6) is 0.953. The number of anilines is 1. The average Bonchev–Trinajstić information content (AvgIpc) is 2.97.